The fraction of sp³-hybridized carbons (Fsp3) is 0.611. The van der Waals surface area contributed by atoms with E-state index in [0.29, 0.717) is 6.04 Å². The third-order valence-electron chi connectivity index (χ3n) is 5.09. The van der Waals surface area contributed by atoms with Crippen molar-refractivity contribution in [1.82, 2.24) is 10.2 Å². The highest BCUT2D eigenvalue weighted by Crippen LogP contribution is 2.37. The highest BCUT2D eigenvalue weighted by atomic mass is 16.2. The molecule has 1 aromatic rings. The average molecular weight is 286 g/mol. The molecule has 1 saturated heterocycles. The van der Waals surface area contributed by atoms with Crippen molar-refractivity contribution >= 4 is 5.91 Å². The van der Waals surface area contributed by atoms with Crippen LogP contribution < -0.4 is 5.32 Å². The Labute approximate surface area is 127 Å². The summed E-state index contributed by atoms with van der Waals surface area (Å²) in [5, 5.41) is 3.50. The highest BCUT2D eigenvalue weighted by molar-refractivity contribution is 5.84. The largest absolute Gasteiger partial charge is 0.319 e. The Bertz CT molecular complexity index is 554. The molecule has 1 aliphatic heterocycles. The van der Waals surface area contributed by atoms with Gasteiger partial charge >= 0.3 is 0 Å². The standard InChI is InChI=1S/C18H26N2O/c1-11-6-8-16(13(3)9-11)17-19-14(4)18(21)20(17)15-7-5-12(2)10-15/h6,8-9,12,14-15,17,19H,5,7,10H2,1-4H3. The molecule has 0 aromatic heterocycles. The summed E-state index contributed by atoms with van der Waals surface area (Å²) in [5.74, 6) is 0.998. The number of carbonyl (C=O) groups excluding carboxylic acids is 1. The van der Waals surface area contributed by atoms with Crippen molar-refractivity contribution < 1.29 is 4.79 Å². The van der Waals surface area contributed by atoms with Gasteiger partial charge in [0.05, 0.1) is 6.04 Å². The van der Waals surface area contributed by atoms with Crippen LogP contribution in [-0.4, -0.2) is 22.9 Å². The predicted octanol–water partition coefficient (Wildman–Crippen LogP) is 3.31. The summed E-state index contributed by atoms with van der Waals surface area (Å²) in [5.41, 5.74) is 3.79. The van der Waals surface area contributed by atoms with Crippen molar-refractivity contribution in [3.05, 3.63) is 34.9 Å². The van der Waals surface area contributed by atoms with Gasteiger partial charge in [0.25, 0.3) is 0 Å². The van der Waals surface area contributed by atoms with Crippen LogP contribution >= 0.6 is 0 Å². The zero-order valence-corrected chi connectivity index (χ0v) is 13.5. The molecule has 2 fully saturated rings. The van der Waals surface area contributed by atoms with Crippen LogP contribution in [0.5, 0.6) is 0 Å². The van der Waals surface area contributed by atoms with E-state index in [2.05, 4.69) is 49.2 Å². The first-order chi connectivity index (χ1) is 9.97. The predicted molar refractivity (Wildman–Crippen MR) is 84.9 cm³/mol. The van der Waals surface area contributed by atoms with Gasteiger partial charge in [-0.1, -0.05) is 30.7 Å². The monoisotopic (exact) mass is 286 g/mol. The van der Waals surface area contributed by atoms with Crippen LogP contribution in [-0.2, 0) is 4.79 Å². The van der Waals surface area contributed by atoms with E-state index in [9.17, 15) is 4.79 Å². The molecular formula is C18H26N2O. The molecule has 2 aliphatic rings. The maximum atomic E-state index is 12.6. The Hall–Kier alpha value is -1.35. The second-order valence-corrected chi connectivity index (χ2v) is 6.97. The highest BCUT2D eigenvalue weighted by Gasteiger charge is 2.43. The van der Waals surface area contributed by atoms with Crippen LogP contribution in [0.4, 0.5) is 0 Å². The van der Waals surface area contributed by atoms with Gasteiger partial charge in [0.1, 0.15) is 6.17 Å². The third kappa shape index (κ3) is 2.59. The number of nitrogens with one attached hydrogen (secondary N) is 1. The van der Waals surface area contributed by atoms with E-state index >= 15 is 0 Å². The van der Waals surface area contributed by atoms with E-state index in [1.54, 1.807) is 0 Å². The van der Waals surface area contributed by atoms with Crippen molar-refractivity contribution in [3.63, 3.8) is 0 Å². The van der Waals surface area contributed by atoms with Gasteiger partial charge in [-0.3, -0.25) is 10.1 Å². The van der Waals surface area contributed by atoms with Crippen molar-refractivity contribution in [3.8, 4) is 0 Å². The third-order valence-corrected chi connectivity index (χ3v) is 5.09. The summed E-state index contributed by atoms with van der Waals surface area (Å²) in [7, 11) is 0. The molecule has 3 rings (SSSR count). The lowest BCUT2D eigenvalue weighted by Gasteiger charge is -2.31. The van der Waals surface area contributed by atoms with Crippen molar-refractivity contribution in [2.75, 3.05) is 0 Å². The maximum Gasteiger partial charge on any atom is 0.241 e. The summed E-state index contributed by atoms with van der Waals surface area (Å²) >= 11 is 0. The quantitative estimate of drug-likeness (QED) is 0.904. The molecule has 3 nitrogen and oxygen atoms in total. The topological polar surface area (TPSA) is 32.3 Å². The van der Waals surface area contributed by atoms with Gasteiger partial charge in [0, 0.05) is 6.04 Å². The van der Waals surface area contributed by atoms with E-state index in [4.69, 9.17) is 0 Å². The summed E-state index contributed by atoms with van der Waals surface area (Å²) in [6, 6.07) is 6.86. The molecule has 1 aromatic carbocycles. The lowest BCUT2D eigenvalue weighted by molar-refractivity contribution is -0.132. The van der Waals surface area contributed by atoms with Crippen LogP contribution in [0, 0.1) is 19.8 Å². The minimum absolute atomic E-state index is 0.0448. The Morgan fingerprint density at radius 1 is 1.19 bits per heavy atom. The van der Waals surface area contributed by atoms with Crippen molar-refractivity contribution in [1.29, 1.82) is 0 Å². The Morgan fingerprint density at radius 3 is 2.57 bits per heavy atom. The SMILES string of the molecule is Cc1ccc(C2NC(C)C(=O)N2C2CCC(C)C2)c(C)c1. The molecule has 1 amide bonds. The van der Waals surface area contributed by atoms with Crippen LogP contribution in [0.3, 0.4) is 0 Å². The summed E-state index contributed by atoms with van der Waals surface area (Å²) in [6.07, 6.45) is 3.57. The van der Waals surface area contributed by atoms with Gasteiger partial charge in [-0.25, -0.2) is 0 Å². The molecule has 21 heavy (non-hydrogen) atoms. The van der Waals surface area contributed by atoms with Gasteiger partial charge in [0.2, 0.25) is 5.91 Å². The van der Waals surface area contributed by atoms with Gasteiger partial charge in [-0.05, 0) is 57.1 Å². The number of amides is 1. The summed E-state index contributed by atoms with van der Waals surface area (Å²) in [6.45, 7) is 8.54. The van der Waals surface area contributed by atoms with Crippen molar-refractivity contribution in [2.45, 2.75) is 65.2 Å². The number of benzene rings is 1. The van der Waals surface area contributed by atoms with E-state index in [1.165, 1.54) is 23.1 Å². The van der Waals surface area contributed by atoms with E-state index in [-0.39, 0.29) is 18.1 Å². The normalized spacial score (nSPS) is 33.0. The number of aryl methyl sites for hydroxylation is 2. The number of hydrogen-bond acceptors (Lipinski definition) is 2. The minimum atomic E-state index is -0.0772. The van der Waals surface area contributed by atoms with Gasteiger partial charge in [-0.15, -0.1) is 0 Å². The first kappa shape index (κ1) is 14.6. The number of rotatable bonds is 2. The summed E-state index contributed by atoms with van der Waals surface area (Å²) in [4.78, 5) is 14.8. The molecule has 3 heteroatoms. The molecule has 4 unspecified atom stereocenters. The second kappa shape index (κ2) is 5.45. The van der Waals surface area contributed by atoms with Gasteiger partial charge in [0.15, 0.2) is 0 Å². The molecule has 0 bridgehead atoms. The van der Waals surface area contributed by atoms with E-state index < -0.39 is 0 Å². The first-order valence-electron chi connectivity index (χ1n) is 8.12. The second-order valence-electron chi connectivity index (χ2n) is 6.97. The maximum absolute atomic E-state index is 12.6. The zero-order valence-electron chi connectivity index (χ0n) is 13.5. The smallest absolute Gasteiger partial charge is 0.241 e. The molecule has 114 valence electrons. The van der Waals surface area contributed by atoms with Crippen LogP contribution in [0.1, 0.15) is 56.0 Å². The molecule has 1 saturated carbocycles. The Morgan fingerprint density at radius 2 is 1.95 bits per heavy atom. The average Bonchev–Trinajstić information content (AvgIpc) is 2.95. The molecule has 4 atom stereocenters. The first-order valence-corrected chi connectivity index (χ1v) is 8.12. The molecule has 0 radical (unpaired) electrons. The molecular weight excluding hydrogens is 260 g/mol. The fourth-order valence-corrected chi connectivity index (χ4v) is 3.93. The van der Waals surface area contributed by atoms with E-state index in [0.717, 1.165) is 18.8 Å². The lowest BCUT2D eigenvalue weighted by atomic mass is 10.0. The zero-order chi connectivity index (χ0) is 15.1. The number of nitrogens with zero attached hydrogens (tertiary/aromatic N) is 1. The van der Waals surface area contributed by atoms with E-state index in [1.807, 2.05) is 6.92 Å². The number of hydrogen-bond donors (Lipinski definition) is 1. The molecule has 1 N–H and O–H groups in total. The number of carbonyl (C=O) groups is 1. The van der Waals surface area contributed by atoms with Gasteiger partial charge in [-0.2, -0.15) is 0 Å². The van der Waals surface area contributed by atoms with Crippen LogP contribution in [0.25, 0.3) is 0 Å². The minimum Gasteiger partial charge on any atom is -0.319 e. The molecule has 1 heterocycles. The van der Waals surface area contributed by atoms with Crippen LogP contribution in [0.2, 0.25) is 0 Å². The molecule has 1 aliphatic carbocycles. The lowest BCUT2D eigenvalue weighted by Crippen LogP contribution is -2.38. The summed E-state index contributed by atoms with van der Waals surface area (Å²) < 4.78 is 0. The van der Waals surface area contributed by atoms with Crippen LogP contribution in [0.15, 0.2) is 18.2 Å². The fourth-order valence-electron chi connectivity index (χ4n) is 3.93. The Balaban J connectivity index is 1.93. The van der Waals surface area contributed by atoms with Crippen molar-refractivity contribution in [2.24, 2.45) is 5.92 Å². The Kier molecular flexibility index (Phi) is 3.78. The van der Waals surface area contributed by atoms with Gasteiger partial charge < -0.3 is 4.90 Å². The molecule has 0 spiro atoms.